The fraction of sp³-hybridized carbons (Fsp3) is 0.125. The first-order valence-corrected chi connectivity index (χ1v) is 7.92. The number of benzene rings is 1. The summed E-state index contributed by atoms with van der Waals surface area (Å²) in [4.78, 5) is 24.3. The number of thiazole rings is 1. The van der Waals surface area contributed by atoms with E-state index in [4.69, 9.17) is 5.73 Å². The number of carbonyl (C=O) groups excluding carboxylic acids is 1. The van der Waals surface area contributed by atoms with Crippen molar-refractivity contribution in [1.29, 1.82) is 0 Å². The third-order valence-electron chi connectivity index (χ3n) is 3.15. The Labute approximate surface area is 137 Å². The van der Waals surface area contributed by atoms with Crippen LogP contribution in [0.4, 0.5) is 5.82 Å². The molecule has 0 saturated heterocycles. The molecule has 0 saturated carbocycles. The molecular weight excluding hydrogens is 310 g/mol. The second-order valence-corrected chi connectivity index (χ2v) is 5.73. The van der Waals surface area contributed by atoms with E-state index in [1.807, 2.05) is 29.6 Å². The van der Waals surface area contributed by atoms with Gasteiger partial charge in [0.2, 0.25) is 5.91 Å². The summed E-state index contributed by atoms with van der Waals surface area (Å²) >= 11 is 1.51. The van der Waals surface area contributed by atoms with Crippen LogP contribution in [0, 0.1) is 0 Å². The van der Waals surface area contributed by atoms with Gasteiger partial charge in [-0.2, -0.15) is 0 Å². The van der Waals surface area contributed by atoms with Crippen molar-refractivity contribution < 1.29 is 4.79 Å². The molecule has 7 heteroatoms. The number of anilines is 1. The fourth-order valence-electron chi connectivity index (χ4n) is 2.07. The minimum Gasteiger partial charge on any atom is -0.326 e. The molecule has 2 heterocycles. The van der Waals surface area contributed by atoms with E-state index >= 15 is 0 Å². The number of amides is 1. The zero-order chi connectivity index (χ0) is 16.1. The van der Waals surface area contributed by atoms with Crippen molar-refractivity contribution in [3.05, 3.63) is 59.5 Å². The number of carbonyl (C=O) groups is 1. The highest BCUT2D eigenvalue weighted by molar-refractivity contribution is 7.13. The Hall–Kier alpha value is -2.64. The van der Waals surface area contributed by atoms with Gasteiger partial charge in [0, 0.05) is 23.7 Å². The molecule has 3 N–H and O–H groups in total. The summed E-state index contributed by atoms with van der Waals surface area (Å²) < 4.78 is 0. The van der Waals surface area contributed by atoms with Gasteiger partial charge < -0.3 is 11.1 Å². The smallest absolute Gasteiger partial charge is 0.231 e. The van der Waals surface area contributed by atoms with Crippen LogP contribution in [-0.4, -0.2) is 20.9 Å². The molecule has 0 aliphatic heterocycles. The largest absolute Gasteiger partial charge is 0.326 e. The van der Waals surface area contributed by atoms with Gasteiger partial charge in [-0.1, -0.05) is 18.2 Å². The lowest BCUT2D eigenvalue weighted by Crippen LogP contribution is -2.15. The lowest BCUT2D eigenvalue weighted by Gasteiger charge is -2.02. The molecule has 116 valence electrons. The molecule has 0 unspecified atom stereocenters. The van der Waals surface area contributed by atoms with Gasteiger partial charge in [-0.15, -0.1) is 11.3 Å². The first kappa shape index (κ1) is 15.3. The Kier molecular flexibility index (Phi) is 4.70. The second-order valence-electron chi connectivity index (χ2n) is 4.87. The molecule has 0 atom stereocenters. The Bertz CT molecular complexity index is 803. The van der Waals surface area contributed by atoms with E-state index in [1.165, 1.54) is 17.7 Å². The van der Waals surface area contributed by atoms with Crippen molar-refractivity contribution in [2.24, 2.45) is 5.73 Å². The number of hydrogen-bond donors (Lipinski definition) is 2. The monoisotopic (exact) mass is 325 g/mol. The molecular formula is C16H15N5OS. The molecule has 0 spiro atoms. The number of nitrogens with two attached hydrogens (primary N) is 1. The summed E-state index contributed by atoms with van der Waals surface area (Å²) in [5, 5.41) is 5.49. The van der Waals surface area contributed by atoms with E-state index in [-0.39, 0.29) is 12.3 Å². The third kappa shape index (κ3) is 3.97. The molecule has 3 rings (SSSR count). The van der Waals surface area contributed by atoms with E-state index < -0.39 is 0 Å². The molecule has 2 aromatic heterocycles. The van der Waals surface area contributed by atoms with Gasteiger partial charge in [0.15, 0.2) is 0 Å². The highest BCUT2D eigenvalue weighted by Crippen LogP contribution is 2.24. The summed E-state index contributed by atoms with van der Waals surface area (Å²) in [5.41, 5.74) is 8.46. The minimum absolute atomic E-state index is 0.156. The SMILES string of the molecule is NCc1cccc(-c2nc(CC(=O)Nc3ccncn3)cs2)c1. The van der Waals surface area contributed by atoms with Crippen LogP contribution in [0.2, 0.25) is 0 Å². The van der Waals surface area contributed by atoms with Crippen LogP contribution in [0.1, 0.15) is 11.3 Å². The summed E-state index contributed by atoms with van der Waals surface area (Å²) in [6.07, 6.45) is 3.17. The van der Waals surface area contributed by atoms with Gasteiger partial charge in [-0.25, -0.2) is 15.0 Å². The van der Waals surface area contributed by atoms with Crippen molar-refractivity contribution >= 4 is 23.1 Å². The lowest BCUT2D eigenvalue weighted by molar-refractivity contribution is -0.115. The van der Waals surface area contributed by atoms with Gasteiger partial charge in [-0.05, 0) is 17.7 Å². The van der Waals surface area contributed by atoms with Crippen molar-refractivity contribution in [2.45, 2.75) is 13.0 Å². The van der Waals surface area contributed by atoms with Crippen LogP contribution >= 0.6 is 11.3 Å². The van der Waals surface area contributed by atoms with Crippen LogP contribution in [0.3, 0.4) is 0 Å². The van der Waals surface area contributed by atoms with Crippen molar-refractivity contribution in [3.8, 4) is 10.6 Å². The van der Waals surface area contributed by atoms with Crippen molar-refractivity contribution in [2.75, 3.05) is 5.32 Å². The number of nitrogens with one attached hydrogen (secondary N) is 1. The summed E-state index contributed by atoms with van der Waals surface area (Å²) in [7, 11) is 0. The van der Waals surface area contributed by atoms with Crippen molar-refractivity contribution in [3.63, 3.8) is 0 Å². The quantitative estimate of drug-likeness (QED) is 0.750. The van der Waals surface area contributed by atoms with Crippen molar-refractivity contribution in [1.82, 2.24) is 15.0 Å². The van der Waals surface area contributed by atoms with E-state index in [0.717, 1.165) is 21.8 Å². The lowest BCUT2D eigenvalue weighted by atomic mass is 10.1. The third-order valence-corrected chi connectivity index (χ3v) is 4.09. The number of aromatic nitrogens is 3. The number of rotatable bonds is 5. The predicted molar refractivity (Wildman–Crippen MR) is 89.8 cm³/mol. The van der Waals surface area contributed by atoms with Crippen LogP contribution in [-0.2, 0) is 17.8 Å². The van der Waals surface area contributed by atoms with E-state index in [9.17, 15) is 4.79 Å². The van der Waals surface area contributed by atoms with Gasteiger partial charge >= 0.3 is 0 Å². The zero-order valence-electron chi connectivity index (χ0n) is 12.3. The standard InChI is InChI=1S/C16H15N5OS/c17-8-11-2-1-3-12(6-11)16-20-13(9-23-16)7-15(22)21-14-4-5-18-10-19-14/h1-6,9-10H,7-8,17H2,(H,18,19,21,22). The molecule has 3 aromatic rings. The minimum atomic E-state index is -0.156. The zero-order valence-corrected chi connectivity index (χ0v) is 13.1. The van der Waals surface area contributed by atoms with Crippen LogP contribution in [0.25, 0.3) is 10.6 Å². The van der Waals surface area contributed by atoms with Gasteiger partial charge in [-0.3, -0.25) is 4.79 Å². The average Bonchev–Trinajstić information content (AvgIpc) is 3.04. The first-order valence-electron chi connectivity index (χ1n) is 7.04. The number of nitrogens with zero attached hydrogens (tertiary/aromatic N) is 3. The molecule has 0 bridgehead atoms. The van der Waals surface area contributed by atoms with E-state index in [0.29, 0.717) is 12.4 Å². The normalized spacial score (nSPS) is 10.5. The molecule has 0 aliphatic carbocycles. The molecule has 0 fully saturated rings. The molecule has 23 heavy (non-hydrogen) atoms. The molecule has 6 nitrogen and oxygen atoms in total. The highest BCUT2D eigenvalue weighted by atomic mass is 32.1. The highest BCUT2D eigenvalue weighted by Gasteiger charge is 2.10. The first-order chi connectivity index (χ1) is 11.2. The molecule has 0 aliphatic rings. The van der Waals surface area contributed by atoms with Gasteiger partial charge in [0.25, 0.3) is 0 Å². The summed E-state index contributed by atoms with van der Waals surface area (Å²) in [6, 6.07) is 9.59. The van der Waals surface area contributed by atoms with Crippen LogP contribution in [0.15, 0.2) is 48.2 Å². The topological polar surface area (TPSA) is 93.8 Å². The second kappa shape index (κ2) is 7.08. The van der Waals surface area contributed by atoms with Gasteiger partial charge in [0.05, 0.1) is 12.1 Å². The fourth-order valence-corrected chi connectivity index (χ4v) is 2.88. The maximum atomic E-state index is 12.0. The molecule has 0 radical (unpaired) electrons. The van der Waals surface area contributed by atoms with Crippen LogP contribution < -0.4 is 11.1 Å². The van der Waals surface area contributed by atoms with E-state index in [1.54, 1.807) is 12.3 Å². The Balaban J connectivity index is 1.68. The molecule has 1 amide bonds. The number of hydrogen-bond acceptors (Lipinski definition) is 6. The van der Waals surface area contributed by atoms with E-state index in [2.05, 4.69) is 20.3 Å². The Morgan fingerprint density at radius 2 is 2.22 bits per heavy atom. The maximum absolute atomic E-state index is 12.0. The maximum Gasteiger partial charge on any atom is 0.231 e. The average molecular weight is 325 g/mol. The van der Waals surface area contributed by atoms with Crippen LogP contribution in [0.5, 0.6) is 0 Å². The molecule has 1 aromatic carbocycles. The van der Waals surface area contributed by atoms with Gasteiger partial charge in [0.1, 0.15) is 17.2 Å². The predicted octanol–water partition coefficient (Wildman–Crippen LogP) is 2.24. The Morgan fingerprint density at radius 3 is 3.00 bits per heavy atom. The summed E-state index contributed by atoms with van der Waals surface area (Å²) in [6.45, 7) is 0.493. The Morgan fingerprint density at radius 1 is 1.30 bits per heavy atom. The summed E-state index contributed by atoms with van der Waals surface area (Å²) in [5.74, 6) is 0.326.